The van der Waals surface area contributed by atoms with Gasteiger partial charge in [0.25, 0.3) is 0 Å². The van der Waals surface area contributed by atoms with Crippen molar-refractivity contribution in [2.45, 2.75) is 13.3 Å². The summed E-state index contributed by atoms with van der Waals surface area (Å²) in [6.07, 6.45) is -0.468. The number of fused-ring (bicyclic) bond motifs is 1. The van der Waals surface area contributed by atoms with Crippen LogP contribution in [-0.4, -0.2) is 44.6 Å². The first kappa shape index (κ1) is 15.4. The number of aliphatic hydroxyl groups excluding tert-OH is 1. The fourth-order valence-electron chi connectivity index (χ4n) is 2.11. The molecule has 0 bridgehead atoms. The maximum absolute atomic E-state index is 11.9. The zero-order valence-electron chi connectivity index (χ0n) is 11.4. The monoisotopic (exact) mass is 308 g/mol. The molecule has 1 aliphatic rings. The number of Topliss-reactive ketones (excluding diaryl/α,β-unsaturated/α-hetero) is 2. The maximum atomic E-state index is 11.9. The number of ether oxygens (including phenoxy) is 1. The first-order valence-electron chi connectivity index (χ1n) is 6.14. The van der Waals surface area contributed by atoms with Gasteiger partial charge < -0.3 is 25.2 Å². The Balaban J connectivity index is 2.67. The van der Waals surface area contributed by atoms with Gasteiger partial charge in [0.1, 0.15) is 29.5 Å². The number of carbonyl (C=O) groups excluding carboxylic acids is 2. The molecule has 2 rings (SSSR count). The van der Waals surface area contributed by atoms with E-state index in [1.807, 2.05) is 0 Å². The minimum Gasteiger partial charge on any atom is -0.507 e. The minimum atomic E-state index is -1.62. The van der Waals surface area contributed by atoms with Gasteiger partial charge in [-0.05, 0) is 6.92 Å². The third kappa shape index (κ3) is 2.46. The number of phenolic OH excluding ortho intramolecular Hbond substituents is 1. The molecule has 1 aromatic carbocycles. The number of ketones is 2. The Morgan fingerprint density at radius 3 is 2.41 bits per heavy atom. The molecule has 0 spiro atoms. The lowest BCUT2D eigenvalue weighted by Gasteiger charge is -2.22. The van der Waals surface area contributed by atoms with Gasteiger partial charge in [0.15, 0.2) is 17.3 Å². The lowest BCUT2D eigenvalue weighted by Crippen LogP contribution is -2.21. The number of phenols is 2. The number of rotatable bonds is 4. The molecular formula is C14H12O8. The van der Waals surface area contributed by atoms with Crippen LogP contribution in [0.5, 0.6) is 17.2 Å². The van der Waals surface area contributed by atoms with Gasteiger partial charge in [-0.1, -0.05) is 0 Å². The predicted octanol–water partition coefficient (Wildman–Crippen LogP) is 1.01. The highest BCUT2D eigenvalue weighted by atomic mass is 16.5. The van der Waals surface area contributed by atoms with Crippen LogP contribution in [0.2, 0.25) is 0 Å². The molecule has 4 N–H and O–H groups in total. The number of carboxylic acids is 1. The molecule has 0 radical (unpaired) electrons. The van der Waals surface area contributed by atoms with Gasteiger partial charge in [-0.15, -0.1) is 0 Å². The standard InChI is InChI=1S/C14H12O8/c1-5(15)2-7(16)6-4-22-9-3-8(17)13(19)11(14(20)21)10(9)12(6)18/h3,17-19H,2,4H2,1H3,(H,20,21). The van der Waals surface area contributed by atoms with E-state index >= 15 is 0 Å². The van der Waals surface area contributed by atoms with E-state index in [2.05, 4.69) is 0 Å². The van der Waals surface area contributed by atoms with Crippen LogP contribution in [0, 0.1) is 0 Å². The lowest BCUT2D eigenvalue weighted by molar-refractivity contribution is -0.124. The van der Waals surface area contributed by atoms with Crippen LogP contribution in [0.1, 0.15) is 29.3 Å². The predicted molar refractivity (Wildman–Crippen MR) is 72.1 cm³/mol. The molecule has 1 aromatic rings. The number of aromatic hydroxyl groups is 2. The van der Waals surface area contributed by atoms with Crippen LogP contribution in [0.4, 0.5) is 0 Å². The molecule has 0 aromatic heterocycles. The van der Waals surface area contributed by atoms with Crippen molar-refractivity contribution in [3.05, 3.63) is 22.8 Å². The van der Waals surface area contributed by atoms with Crippen LogP contribution in [-0.2, 0) is 9.59 Å². The Labute approximate surface area is 123 Å². The molecule has 8 nitrogen and oxygen atoms in total. The average Bonchev–Trinajstić information content (AvgIpc) is 2.39. The average molecular weight is 308 g/mol. The largest absolute Gasteiger partial charge is 0.507 e. The Hall–Kier alpha value is -3.03. The molecular weight excluding hydrogens is 296 g/mol. The van der Waals surface area contributed by atoms with Gasteiger partial charge >= 0.3 is 5.97 Å². The van der Waals surface area contributed by atoms with Crippen LogP contribution >= 0.6 is 0 Å². The van der Waals surface area contributed by atoms with E-state index in [1.165, 1.54) is 6.92 Å². The highest BCUT2D eigenvalue weighted by Crippen LogP contribution is 2.43. The second-order valence-electron chi connectivity index (χ2n) is 4.72. The lowest BCUT2D eigenvalue weighted by atomic mass is 9.95. The normalized spacial score (nSPS) is 13.3. The zero-order valence-corrected chi connectivity index (χ0v) is 11.4. The highest BCUT2D eigenvalue weighted by molar-refractivity contribution is 6.12. The van der Waals surface area contributed by atoms with Crippen molar-refractivity contribution >= 4 is 23.3 Å². The van der Waals surface area contributed by atoms with Gasteiger partial charge in [-0.3, -0.25) is 9.59 Å². The second-order valence-corrected chi connectivity index (χ2v) is 4.72. The number of benzene rings is 1. The maximum Gasteiger partial charge on any atom is 0.340 e. The topological polar surface area (TPSA) is 141 Å². The van der Waals surface area contributed by atoms with Gasteiger partial charge in [-0.25, -0.2) is 4.79 Å². The van der Waals surface area contributed by atoms with Crippen molar-refractivity contribution in [1.29, 1.82) is 0 Å². The molecule has 0 saturated heterocycles. The van der Waals surface area contributed by atoms with Crippen molar-refractivity contribution < 1.29 is 39.5 Å². The molecule has 0 saturated carbocycles. The Morgan fingerprint density at radius 1 is 1.23 bits per heavy atom. The van der Waals surface area contributed by atoms with E-state index in [0.717, 1.165) is 6.07 Å². The molecule has 1 aliphatic heterocycles. The van der Waals surface area contributed by atoms with Gasteiger partial charge in [0, 0.05) is 6.07 Å². The first-order valence-corrected chi connectivity index (χ1v) is 6.14. The molecule has 0 aliphatic carbocycles. The van der Waals surface area contributed by atoms with E-state index in [0.29, 0.717) is 0 Å². The summed E-state index contributed by atoms with van der Waals surface area (Å²) in [5.41, 5.74) is -1.48. The van der Waals surface area contributed by atoms with Crippen LogP contribution < -0.4 is 4.74 Å². The van der Waals surface area contributed by atoms with Crippen LogP contribution in [0.3, 0.4) is 0 Å². The van der Waals surface area contributed by atoms with Crippen molar-refractivity contribution in [1.82, 2.24) is 0 Å². The van der Waals surface area contributed by atoms with Crippen molar-refractivity contribution in [2.75, 3.05) is 6.61 Å². The number of carboxylic acid groups (broad SMARTS) is 1. The van der Waals surface area contributed by atoms with Gasteiger partial charge in [0.2, 0.25) is 0 Å². The summed E-state index contributed by atoms with van der Waals surface area (Å²) in [5.74, 6) is -5.34. The van der Waals surface area contributed by atoms with Crippen molar-refractivity contribution in [3.8, 4) is 17.2 Å². The summed E-state index contributed by atoms with van der Waals surface area (Å²) < 4.78 is 5.15. The second kappa shape index (κ2) is 5.40. The summed E-state index contributed by atoms with van der Waals surface area (Å²) in [6.45, 7) is 0.813. The van der Waals surface area contributed by atoms with E-state index in [1.54, 1.807) is 0 Å². The molecule has 0 amide bonds. The Kier molecular flexibility index (Phi) is 3.77. The quantitative estimate of drug-likeness (QED) is 0.477. The molecule has 1 heterocycles. The molecule has 116 valence electrons. The van der Waals surface area contributed by atoms with Gasteiger partial charge in [0.05, 0.1) is 17.6 Å². The van der Waals surface area contributed by atoms with Gasteiger partial charge in [-0.2, -0.15) is 0 Å². The summed E-state index contributed by atoms with van der Waals surface area (Å²) in [4.78, 5) is 34.1. The number of hydrogen-bond donors (Lipinski definition) is 4. The summed E-state index contributed by atoms with van der Waals surface area (Å²) in [7, 11) is 0. The van der Waals surface area contributed by atoms with E-state index in [-0.39, 0.29) is 17.9 Å². The van der Waals surface area contributed by atoms with E-state index in [4.69, 9.17) is 9.84 Å². The fraction of sp³-hybridized carbons (Fsp3) is 0.214. The third-order valence-electron chi connectivity index (χ3n) is 3.10. The zero-order chi connectivity index (χ0) is 16.6. The van der Waals surface area contributed by atoms with Crippen LogP contribution in [0.15, 0.2) is 11.6 Å². The molecule has 0 fully saturated rings. The number of hydrogen-bond acceptors (Lipinski definition) is 7. The SMILES string of the molecule is CC(=O)CC(=O)C1=C(O)c2c(cc(O)c(O)c2C(=O)O)OC1. The highest BCUT2D eigenvalue weighted by Gasteiger charge is 2.32. The number of aromatic carboxylic acids is 1. The molecule has 0 unspecified atom stereocenters. The van der Waals surface area contributed by atoms with E-state index < -0.39 is 52.3 Å². The Morgan fingerprint density at radius 2 is 1.86 bits per heavy atom. The smallest absolute Gasteiger partial charge is 0.340 e. The summed E-state index contributed by atoms with van der Waals surface area (Å²) >= 11 is 0. The van der Waals surface area contributed by atoms with Crippen LogP contribution in [0.25, 0.3) is 5.76 Å². The summed E-state index contributed by atoms with van der Waals surface area (Å²) in [6, 6.07) is 0.930. The number of carbonyl (C=O) groups is 3. The molecule has 0 atom stereocenters. The molecule has 8 heteroatoms. The third-order valence-corrected chi connectivity index (χ3v) is 3.10. The minimum absolute atomic E-state index is 0.190. The summed E-state index contributed by atoms with van der Waals surface area (Å²) in [5, 5.41) is 38.4. The van der Waals surface area contributed by atoms with Crippen molar-refractivity contribution in [2.24, 2.45) is 0 Å². The van der Waals surface area contributed by atoms with E-state index in [9.17, 15) is 29.7 Å². The number of aliphatic hydroxyl groups is 1. The Bertz CT molecular complexity index is 729. The van der Waals surface area contributed by atoms with Crippen molar-refractivity contribution in [3.63, 3.8) is 0 Å². The first-order chi connectivity index (χ1) is 10.2. The fourth-order valence-corrected chi connectivity index (χ4v) is 2.11. The molecule has 22 heavy (non-hydrogen) atoms.